The van der Waals surface area contributed by atoms with Crippen LogP contribution in [0.1, 0.15) is 36.4 Å². The maximum atomic E-state index is 13.0. The molecule has 1 amide bonds. The van der Waals surface area contributed by atoms with Crippen molar-refractivity contribution < 1.29 is 14.3 Å². The Labute approximate surface area is 167 Å². The maximum Gasteiger partial charge on any atom is 0.223 e. The van der Waals surface area contributed by atoms with E-state index in [4.69, 9.17) is 15.2 Å². The van der Waals surface area contributed by atoms with Gasteiger partial charge in [0, 0.05) is 5.92 Å². The summed E-state index contributed by atoms with van der Waals surface area (Å²) in [6, 6.07) is 15.9. The van der Waals surface area contributed by atoms with E-state index in [1.165, 1.54) is 0 Å². The van der Waals surface area contributed by atoms with Gasteiger partial charge in [0.05, 0.1) is 20.3 Å². The second-order valence-corrected chi connectivity index (χ2v) is 7.40. The van der Waals surface area contributed by atoms with E-state index in [9.17, 15) is 4.79 Å². The Morgan fingerprint density at radius 3 is 2.54 bits per heavy atom. The van der Waals surface area contributed by atoms with Crippen LogP contribution in [-0.4, -0.2) is 26.7 Å². The largest absolute Gasteiger partial charge is 0.493 e. The van der Waals surface area contributed by atoms with Crippen LogP contribution < -0.4 is 20.5 Å². The van der Waals surface area contributed by atoms with E-state index in [2.05, 4.69) is 17.4 Å². The zero-order valence-corrected chi connectivity index (χ0v) is 16.7. The molecule has 0 spiro atoms. The van der Waals surface area contributed by atoms with Crippen LogP contribution in [0.4, 0.5) is 0 Å². The number of hydrogen-bond donors (Lipinski definition) is 2. The van der Waals surface area contributed by atoms with Crippen molar-refractivity contribution in [2.45, 2.75) is 31.7 Å². The van der Waals surface area contributed by atoms with Crippen molar-refractivity contribution in [1.29, 1.82) is 0 Å². The lowest BCUT2D eigenvalue weighted by Crippen LogP contribution is -2.38. The van der Waals surface area contributed by atoms with Gasteiger partial charge in [0.15, 0.2) is 11.5 Å². The quantitative estimate of drug-likeness (QED) is 0.733. The van der Waals surface area contributed by atoms with Crippen molar-refractivity contribution >= 4 is 5.91 Å². The molecule has 5 heteroatoms. The minimum absolute atomic E-state index is 0.0154. The minimum atomic E-state index is -0.106. The van der Waals surface area contributed by atoms with E-state index in [0.29, 0.717) is 24.5 Å². The third-order valence-corrected chi connectivity index (χ3v) is 5.70. The van der Waals surface area contributed by atoms with Crippen molar-refractivity contribution in [3.63, 3.8) is 0 Å². The van der Waals surface area contributed by atoms with Gasteiger partial charge in [-0.3, -0.25) is 4.79 Å². The number of rotatable bonds is 8. The monoisotopic (exact) mass is 382 g/mol. The molecule has 3 rings (SSSR count). The number of nitrogens with one attached hydrogen (secondary N) is 1. The molecule has 3 N–H and O–H groups in total. The van der Waals surface area contributed by atoms with E-state index < -0.39 is 0 Å². The van der Waals surface area contributed by atoms with E-state index in [1.807, 2.05) is 36.4 Å². The molecule has 0 aromatic heterocycles. The normalized spacial score (nSPS) is 19.8. The highest BCUT2D eigenvalue weighted by Crippen LogP contribution is 2.33. The summed E-state index contributed by atoms with van der Waals surface area (Å²) in [4.78, 5) is 13.0. The summed E-state index contributed by atoms with van der Waals surface area (Å²) in [7, 11) is 3.26. The number of nitrogens with two attached hydrogens (primary N) is 1. The summed E-state index contributed by atoms with van der Waals surface area (Å²) in [6.07, 6.45) is 3.72. The Balaban J connectivity index is 1.81. The molecule has 0 heterocycles. The summed E-state index contributed by atoms with van der Waals surface area (Å²) in [6.45, 7) is 0.573. The molecule has 150 valence electrons. The van der Waals surface area contributed by atoms with E-state index in [0.717, 1.165) is 30.4 Å². The van der Waals surface area contributed by atoms with Gasteiger partial charge in [-0.15, -0.1) is 0 Å². The van der Waals surface area contributed by atoms with Crippen LogP contribution >= 0.6 is 0 Å². The van der Waals surface area contributed by atoms with Gasteiger partial charge in [-0.1, -0.05) is 42.8 Å². The smallest absolute Gasteiger partial charge is 0.223 e. The Hall–Kier alpha value is -2.53. The van der Waals surface area contributed by atoms with Crippen LogP contribution in [0.25, 0.3) is 0 Å². The highest BCUT2D eigenvalue weighted by atomic mass is 16.5. The molecule has 28 heavy (non-hydrogen) atoms. The molecule has 1 saturated carbocycles. The van der Waals surface area contributed by atoms with Gasteiger partial charge in [-0.05, 0) is 55.0 Å². The van der Waals surface area contributed by atoms with Gasteiger partial charge in [0.2, 0.25) is 5.91 Å². The summed E-state index contributed by atoms with van der Waals surface area (Å²) in [5.74, 6) is 1.81. The summed E-state index contributed by atoms with van der Waals surface area (Å²) in [5, 5.41) is 3.29. The number of carbonyl (C=O) groups excluding carboxylic acids is 1. The number of amides is 1. The van der Waals surface area contributed by atoms with E-state index in [1.54, 1.807) is 14.2 Å². The average molecular weight is 383 g/mol. The lowest BCUT2D eigenvalue weighted by molar-refractivity contribution is -0.126. The molecule has 0 saturated heterocycles. The maximum absolute atomic E-state index is 13.0. The molecule has 3 atom stereocenters. The Morgan fingerprint density at radius 1 is 1.11 bits per heavy atom. The summed E-state index contributed by atoms with van der Waals surface area (Å²) in [5.41, 5.74) is 8.05. The highest BCUT2D eigenvalue weighted by Gasteiger charge is 2.33. The second-order valence-electron chi connectivity index (χ2n) is 7.40. The lowest BCUT2D eigenvalue weighted by atomic mass is 9.93. The molecular weight excluding hydrogens is 352 g/mol. The Bertz CT molecular complexity index is 779. The van der Waals surface area contributed by atoms with Crippen molar-refractivity contribution in [2.24, 2.45) is 17.6 Å². The third kappa shape index (κ3) is 4.65. The number of ether oxygens (including phenoxy) is 2. The van der Waals surface area contributed by atoms with Gasteiger partial charge >= 0.3 is 0 Å². The first-order chi connectivity index (χ1) is 13.7. The third-order valence-electron chi connectivity index (χ3n) is 5.70. The molecule has 0 aliphatic heterocycles. The molecule has 1 fully saturated rings. The average Bonchev–Trinajstić information content (AvgIpc) is 3.22. The number of benzene rings is 2. The highest BCUT2D eigenvalue weighted by molar-refractivity contribution is 5.79. The topological polar surface area (TPSA) is 73.6 Å². The molecule has 0 bridgehead atoms. The lowest BCUT2D eigenvalue weighted by Gasteiger charge is -2.24. The molecule has 1 aliphatic rings. The molecule has 1 unspecified atom stereocenters. The predicted octanol–water partition coefficient (Wildman–Crippen LogP) is 3.48. The first-order valence-electron chi connectivity index (χ1n) is 9.92. The van der Waals surface area contributed by atoms with Gasteiger partial charge < -0.3 is 20.5 Å². The molecule has 5 nitrogen and oxygen atoms in total. The van der Waals surface area contributed by atoms with Gasteiger partial charge in [-0.2, -0.15) is 0 Å². The van der Waals surface area contributed by atoms with Gasteiger partial charge in [-0.25, -0.2) is 0 Å². The number of methoxy groups -OCH3 is 2. The zero-order valence-electron chi connectivity index (χ0n) is 16.7. The predicted molar refractivity (Wildman–Crippen MR) is 110 cm³/mol. The van der Waals surface area contributed by atoms with Crippen molar-refractivity contribution in [2.75, 3.05) is 20.8 Å². The number of carbonyl (C=O) groups is 1. The molecule has 2 aromatic rings. The molecule has 1 aliphatic carbocycles. The standard InChI is InChI=1S/C23H30N2O3/c1-27-21-12-11-16(14-22(21)28-2)13-20(17-7-4-3-5-8-17)25-23(26)19-10-6-9-18(19)15-24/h3-5,7-8,11-12,14,18-20H,6,9-10,13,15,24H2,1-2H3,(H,25,26)/t18-,19-,20?/m1/s1. The fourth-order valence-electron chi connectivity index (χ4n) is 4.12. The minimum Gasteiger partial charge on any atom is -0.493 e. The van der Waals surface area contributed by atoms with Gasteiger partial charge in [0.1, 0.15) is 0 Å². The fourth-order valence-corrected chi connectivity index (χ4v) is 4.12. The van der Waals surface area contributed by atoms with E-state index >= 15 is 0 Å². The van der Waals surface area contributed by atoms with Crippen LogP contribution in [-0.2, 0) is 11.2 Å². The first kappa shape index (κ1) is 20.2. The summed E-state index contributed by atoms with van der Waals surface area (Å²) < 4.78 is 10.8. The van der Waals surface area contributed by atoms with Crippen LogP contribution in [0.2, 0.25) is 0 Å². The zero-order chi connectivity index (χ0) is 19.9. The van der Waals surface area contributed by atoms with Crippen LogP contribution in [0.5, 0.6) is 11.5 Å². The fraction of sp³-hybridized carbons (Fsp3) is 0.435. The first-order valence-corrected chi connectivity index (χ1v) is 9.92. The van der Waals surface area contributed by atoms with E-state index in [-0.39, 0.29) is 23.8 Å². The number of hydrogen-bond acceptors (Lipinski definition) is 4. The SMILES string of the molecule is COc1ccc(CC(NC(=O)[C@@H]2CCC[C@@H]2CN)c2ccccc2)cc1OC. The molecular formula is C23H30N2O3. The Morgan fingerprint density at radius 2 is 1.86 bits per heavy atom. The second kappa shape index (κ2) is 9.60. The van der Waals surface area contributed by atoms with Gasteiger partial charge in [0.25, 0.3) is 0 Å². The molecule has 0 radical (unpaired) electrons. The van der Waals surface area contributed by atoms with Crippen LogP contribution in [0, 0.1) is 11.8 Å². The van der Waals surface area contributed by atoms with Crippen molar-refractivity contribution in [1.82, 2.24) is 5.32 Å². The van der Waals surface area contributed by atoms with Crippen molar-refractivity contribution in [3.05, 3.63) is 59.7 Å². The van der Waals surface area contributed by atoms with Crippen molar-refractivity contribution in [3.8, 4) is 11.5 Å². The summed E-state index contributed by atoms with van der Waals surface area (Å²) >= 11 is 0. The Kier molecular flexibility index (Phi) is 6.93. The van der Waals surface area contributed by atoms with Crippen LogP contribution in [0.15, 0.2) is 48.5 Å². The molecule has 2 aromatic carbocycles. The van der Waals surface area contributed by atoms with Crippen LogP contribution in [0.3, 0.4) is 0 Å².